The van der Waals surface area contributed by atoms with Crippen LogP contribution in [0.4, 0.5) is 0 Å². The molecule has 1 aliphatic carbocycles. The number of nitrogens with one attached hydrogen (secondary N) is 1. The van der Waals surface area contributed by atoms with Crippen LogP contribution in [0.3, 0.4) is 0 Å². The van der Waals surface area contributed by atoms with Gasteiger partial charge >= 0.3 is 5.97 Å². The van der Waals surface area contributed by atoms with E-state index in [0.29, 0.717) is 12.0 Å². The molecule has 4 heteroatoms. The van der Waals surface area contributed by atoms with Crippen LogP contribution >= 0.6 is 0 Å². The van der Waals surface area contributed by atoms with Gasteiger partial charge in [0.2, 0.25) is 0 Å². The Balaban J connectivity index is 2.39. The fourth-order valence-corrected chi connectivity index (χ4v) is 1.95. The Morgan fingerprint density at radius 1 is 1.57 bits per heavy atom. The molecule has 0 amide bonds. The number of aromatic nitrogens is 1. The minimum atomic E-state index is -0.892. The monoisotopic (exact) mass is 193 g/mol. The van der Waals surface area contributed by atoms with Crippen LogP contribution in [0.2, 0.25) is 0 Å². The first-order valence-corrected chi connectivity index (χ1v) is 4.52. The highest BCUT2D eigenvalue weighted by Gasteiger charge is 2.31. The van der Waals surface area contributed by atoms with Crippen molar-refractivity contribution in [3.05, 3.63) is 23.0 Å². The predicted octanol–water partition coefficient (Wildman–Crippen LogP) is 1.15. The van der Waals surface area contributed by atoms with Gasteiger partial charge < -0.3 is 10.1 Å². The van der Waals surface area contributed by atoms with E-state index < -0.39 is 11.9 Å². The maximum absolute atomic E-state index is 11.6. The van der Waals surface area contributed by atoms with Crippen LogP contribution in [0, 0.1) is 12.8 Å². The maximum atomic E-state index is 11.6. The molecule has 14 heavy (non-hydrogen) atoms. The number of carboxylic acid groups (broad SMARTS) is 1. The second kappa shape index (κ2) is 2.97. The molecule has 1 unspecified atom stereocenters. The summed E-state index contributed by atoms with van der Waals surface area (Å²) < 4.78 is 0. The van der Waals surface area contributed by atoms with E-state index in [1.54, 1.807) is 6.20 Å². The van der Waals surface area contributed by atoms with E-state index in [4.69, 9.17) is 5.11 Å². The summed E-state index contributed by atoms with van der Waals surface area (Å²) in [6.07, 6.45) is 2.32. The fourth-order valence-electron chi connectivity index (χ4n) is 1.95. The Labute approximate surface area is 80.9 Å². The number of carboxylic acids is 1. The van der Waals surface area contributed by atoms with Crippen LogP contribution in [0.15, 0.2) is 6.20 Å². The molecule has 0 fully saturated rings. The van der Waals surface area contributed by atoms with E-state index >= 15 is 0 Å². The molecule has 0 aliphatic heterocycles. The zero-order valence-electron chi connectivity index (χ0n) is 7.83. The molecular formula is C10H11NO3. The number of carbonyl (C=O) groups excluding carboxylic acids is 1. The first-order valence-electron chi connectivity index (χ1n) is 4.52. The topological polar surface area (TPSA) is 70.2 Å². The lowest BCUT2D eigenvalue weighted by molar-refractivity contribution is -0.141. The van der Waals surface area contributed by atoms with E-state index in [0.717, 1.165) is 11.3 Å². The summed E-state index contributed by atoms with van der Waals surface area (Å²) in [6.45, 7) is 1.86. The lowest BCUT2D eigenvalue weighted by atomic mass is 9.86. The number of aromatic amines is 1. The minimum absolute atomic E-state index is 0.0580. The summed E-state index contributed by atoms with van der Waals surface area (Å²) in [7, 11) is 0. The summed E-state index contributed by atoms with van der Waals surface area (Å²) in [5.41, 5.74) is 2.38. The van der Waals surface area contributed by atoms with Crippen molar-refractivity contribution < 1.29 is 14.7 Å². The smallest absolute Gasteiger partial charge is 0.307 e. The highest BCUT2D eigenvalue weighted by atomic mass is 16.4. The van der Waals surface area contributed by atoms with Crippen LogP contribution < -0.4 is 0 Å². The largest absolute Gasteiger partial charge is 0.481 e. The number of ketones is 1. The van der Waals surface area contributed by atoms with Gasteiger partial charge in [0.1, 0.15) is 0 Å². The average Bonchev–Trinajstić information content (AvgIpc) is 2.48. The van der Waals surface area contributed by atoms with Crippen LogP contribution in [0.25, 0.3) is 0 Å². The van der Waals surface area contributed by atoms with Gasteiger partial charge in [-0.1, -0.05) is 0 Å². The van der Waals surface area contributed by atoms with Gasteiger partial charge in [0, 0.05) is 30.3 Å². The number of carbonyl (C=O) groups is 2. The summed E-state index contributed by atoms with van der Waals surface area (Å²) in [5, 5.41) is 8.82. The Morgan fingerprint density at radius 2 is 2.29 bits per heavy atom. The van der Waals surface area contributed by atoms with Crippen LogP contribution in [0.5, 0.6) is 0 Å². The normalized spacial score (nSPS) is 20.6. The summed E-state index contributed by atoms with van der Waals surface area (Å²) in [4.78, 5) is 25.3. The van der Waals surface area contributed by atoms with E-state index in [2.05, 4.69) is 4.98 Å². The first kappa shape index (κ1) is 8.99. The summed E-state index contributed by atoms with van der Waals surface area (Å²) in [6, 6.07) is 0. The number of hydrogen-bond donors (Lipinski definition) is 2. The minimum Gasteiger partial charge on any atom is -0.481 e. The highest BCUT2D eigenvalue weighted by Crippen LogP contribution is 2.27. The number of H-pyrrole nitrogens is 1. The molecule has 0 saturated carbocycles. The lowest BCUT2D eigenvalue weighted by Crippen LogP contribution is -2.26. The summed E-state index contributed by atoms with van der Waals surface area (Å²) >= 11 is 0. The third-order valence-corrected chi connectivity index (χ3v) is 2.67. The molecule has 0 bridgehead atoms. The molecule has 1 aromatic rings. The lowest BCUT2D eigenvalue weighted by Gasteiger charge is -2.17. The predicted molar refractivity (Wildman–Crippen MR) is 49.3 cm³/mol. The van der Waals surface area contributed by atoms with Crippen molar-refractivity contribution in [1.29, 1.82) is 0 Å². The van der Waals surface area contributed by atoms with Crippen molar-refractivity contribution in [2.75, 3.05) is 0 Å². The van der Waals surface area contributed by atoms with Crippen molar-refractivity contribution in [3.63, 3.8) is 0 Å². The third kappa shape index (κ3) is 1.23. The Hall–Kier alpha value is -1.58. The molecule has 1 atom stereocenters. The van der Waals surface area contributed by atoms with Crippen LogP contribution in [0.1, 0.15) is 28.0 Å². The second-order valence-corrected chi connectivity index (χ2v) is 3.69. The van der Waals surface area contributed by atoms with Gasteiger partial charge in [0.05, 0.1) is 5.92 Å². The van der Waals surface area contributed by atoms with Gasteiger partial charge in [-0.3, -0.25) is 9.59 Å². The molecule has 0 aromatic carbocycles. The molecule has 4 nitrogen and oxygen atoms in total. The van der Waals surface area contributed by atoms with Gasteiger partial charge in [-0.05, 0) is 12.5 Å². The Morgan fingerprint density at radius 3 is 2.93 bits per heavy atom. The second-order valence-electron chi connectivity index (χ2n) is 3.69. The zero-order valence-corrected chi connectivity index (χ0v) is 7.83. The van der Waals surface area contributed by atoms with E-state index in [-0.39, 0.29) is 12.2 Å². The van der Waals surface area contributed by atoms with Crippen molar-refractivity contribution in [3.8, 4) is 0 Å². The molecule has 0 saturated heterocycles. The Bertz CT molecular complexity index is 405. The van der Waals surface area contributed by atoms with Gasteiger partial charge in [-0.25, -0.2) is 0 Å². The molecule has 1 aliphatic rings. The SMILES string of the molecule is Cc1c[nH]c2c1C(=O)CC(C(=O)O)C2. The van der Waals surface area contributed by atoms with E-state index in [1.165, 1.54) is 0 Å². The molecule has 0 spiro atoms. The molecule has 74 valence electrons. The van der Waals surface area contributed by atoms with Gasteiger partial charge in [0.15, 0.2) is 5.78 Å². The van der Waals surface area contributed by atoms with Gasteiger partial charge in [-0.2, -0.15) is 0 Å². The first-order chi connectivity index (χ1) is 6.59. The summed E-state index contributed by atoms with van der Waals surface area (Å²) in [5.74, 6) is -1.51. The molecule has 2 N–H and O–H groups in total. The number of fused-ring (bicyclic) bond motifs is 1. The molecule has 1 heterocycles. The average molecular weight is 193 g/mol. The van der Waals surface area contributed by atoms with E-state index in [9.17, 15) is 9.59 Å². The van der Waals surface area contributed by atoms with Crippen molar-refractivity contribution in [2.45, 2.75) is 19.8 Å². The number of hydrogen-bond acceptors (Lipinski definition) is 2. The molecular weight excluding hydrogens is 182 g/mol. The van der Waals surface area contributed by atoms with E-state index in [1.807, 2.05) is 6.92 Å². The Kier molecular flexibility index (Phi) is 1.91. The zero-order chi connectivity index (χ0) is 10.3. The number of Topliss-reactive ketones (excluding diaryl/α,β-unsaturated/α-hetero) is 1. The molecule has 0 radical (unpaired) electrons. The van der Waals surface area contributed by atoms with Crippen LogP contribution in [-0.4, -0.2) is 21.8 Å². The third-order valence-electron chi connectivity index (χ3n) is 2.67. The number of aryl methyl sites for hydroxylation is 1. The van der Waals surface area contributed by atoms with Crippen molar-refractivity contribution in [1.82, 2.24) is 4.98 Å². The quantitative estimate of drug-likeness (QED) is 0.702. The number of rotatable bonds is 1. The molecule has 2 rings (SSSR count). The molecule has 1 aromatic heterocycles. The standard InChI is InChI=1S/C10H11NO3/c1-5-4-11-7-2-6(10(13)14)3-8(12)9(5)7/h4,6,11H,2-3H2,1H3,(H,13,14). The van der Waals surface area contributed by atoms with Gasteiger partial charge in [0.25, 0.3) is 0 Å². The van der Waals surface area contributed by atoms with Gasteiger partial charge in [-0.15, -0.1) is 0 Å². The van der Waals surface area contributed by atoms with Crippen molar-refractivity contribution in [2.24, 2.45) is 5.92 Å². The number of aliphatic carboxylic acids is 1. The maximum Gasteiger partial charge on any atom is 0.307 e. The highest BCUT2D eigenvalue weighted by molar-refractivity contribution is 6.01. The van der Waals surface area contributed by atoms with Crippen LogP contribution in [-0.2, 0) is 11.2 Å². The van der Waals surface area contributed by atoms with Crippen molar-refractivity contribution >= 4 is 11.8 Å². The fraction of sp³-hybridized carbons (Fsp3) is 0.400.